The first-order valence-electron chi connectivity index (χ1n) is 9.57. The third-order valence-electron chi connectivity index (χ3n) is 5.26. The summed E-state index contributed by atoms with van der Waals surface area (Å²) in [5.74, 6) is 0.335. The quantitative estimate of drug-likeness (QED) is 0.732. The third-order valence-corrected chi connectivity index (χ3v) is 5.26. The van der Waals surface area contributed by atoms with Crippen LogP contribution in [0, 0.1) is 0 Å². The molecule has 3 N–H and O–H groups in total. The Bertz CT molecular complexity index is 916. The van der Waals surface area contributed by atoms with Gasteiger partial charge < -0.3 is 10.1 Å². The van der Waals surface area contributed by atoms with Gasteiger partial charge in [-0.1, -0.05) is 36.4 Å². The Morgan fingerprint density at radius 2 is 1.90 bits per heavy atom. The fourth-order valence-corrected chi connectivity index (χ4v) is 3.85. The maximum atomic E-state index is 13.4. The fraction of sp³-hybridized carbons (Fsp3) is 0.381. The molecule has 2 aromatic carbocycles. The predicted molar refractivity (Wildman–Crippen MR) is 102 cm³/mol. The number of hydrazine groups is 1. The molecule has 4 rings (SSSR count). The maximum Gasteiger partial charge on any atom is 0.417 e. The van der Waals surface area contributed by atoms with E-state index in [2.05, 4.69) is 16.2 Å². The minimum absolute atomic E-state index is 0.0942. The van der Waals surface area contributed by atoms with Crippen molar-refractivity contribution in [3.8, 4) is 16.9 Å². The number of benzene rings is 2. The van der Waals surface area contributed by atoms with E-state index in [1.807, 2.05) is 13.0 Å². The second-order valence-electron chi connectivity index (χ2n) is 7.50. The summed E-state index contributed by atoms with van der Waals surface area (Å²) < 4.78 is 46.3. The highest BCUT2D eigenvalue weighted by molar-refractivity contribution is 5.82. The molecule has 3 atom stereocenters. The molecule has 0 saturated carbocycles. The Hall–Kier alpha value is -2.58. The van der Waals surface area contributed by atoms with Crippen LogP contribution in [-0.2, 0) is 17.4 Å². The smallest absolute Gasteiger partial charge is 0.417 e. The van der Waals surface area contributed by atoms with E-state index in [9.17, 15) is 18.0 Å². The zero-order valence-electron chi connectivity index (χ0n) is 15.8. The molecule has 2 aromatic rings. The van der Waals surface area contributed by atoms with E-state index in [1.54, 1.807) is 18.2 Å². The molecule has 1 saturated heterocycles. The highest BCUT2D eigenvalue weighted by Gasteiger charge is 2.35. The molecular formula is C21H22F3N3O2. The number of fused-ring (bicyclic) bond motifs is 1. The van der Waals surface area contributed by atoms with Gasteiger partial charge in [0, 0.05) is 18.0 Å². The Kier molecular flexibility index (Phi) is 5.23. The molecule has 0 aromatic heterocycles. The Morgan fingerprint density at radius 3 is 2.62 bits per heavy atom. The summed E-state index contributed by atoms with van der Waals surface area (Å²) in [7, 11) is 0. The number of ether oxygens (including phenoxy) is 1. The van der Waals surface area contributed by atoms with Crippen LogP contribution in [0.15, 0.2) is 42.5 Å². The highest BCUT2D eigenvalue weighted by atomic mass is 19.4. The molecule has 1 fully saturated rings. The van der Waals surface area contributed by atoms with E-state index in [0.29, 0.717) is 30.7 Å². The molecule has 0 aliphatic carbocycles. The van der Waals surface area contributed by atoms with Crippen molar-refractivity contribution in [2.75, 3.05) is 6.54 Å². The zero-order valence-corrected chi connectivity index (χ0v) is 15.8. The van der Waals surface area contributed by atoms with Gasteiger partial charge in [-0.3, -0.25) is 10.2 Å². The van der Waals surface area contributed by atoms with Crippen LogP contribution in [0.1, 0.15) is 24.5 Å². The van der Waals surface area contributed by atoms with Crippen molar-refractivity contribution in [1.29, 1.82) is 0 Å². The summed E-state index contributed by atoms with van der Waals surface area (Å²) in [6, 6.07) is 10.6. The molecular weight excluding hydrogens is 383 g/mol. The number of rotatable bonds is 4. The maximum absolute atomic E-state index is 13.4. The van der Waals surface area contributed by atoms with E-state index < -0.39 is 11.7 Å². The summed E-state index contributed by atoms with van der Waals surface area (Å²) in [4.78, 5) is 12.3. The number of hydrogen-bond acceptors (Lipinski definition) is 4. The highest BCUT2D eigenvalue weighted by Crippen LogP contribution is 2.43. The van der Waals surface area contributed by atoms with Crippen LogP contribution in [0.4, 0.5) is 13.2 Å². The second kappa shape index (κ2) is 7.68. The van der Waals surface area contributed by atoms with Crippen LogP contribution in [0.5, 0.6) is 5.75 Å². The molecule has 1 amide bonds. The van der Waals surface area contributed by atoms with Gasteiger partial charge in [-0.05, 0) is 30.5 Å². The molecule has 8 heteroatoms. The molecule has 0 radical (unpaired) electrons. The first-order chi connectivity index (χ1) is 13.8. The van der Waals surface area contributed by atoms with Crippen molar-refractivity contribution in [2.24, 2.45) is 0 Å². The van der Waals surface area contributed by atoms with E-state index in [4.69, 9.17) is 4.74 Å². The molecule has 2 aliphatic rings. The van der Waals surface area contributed by atoms with Gasteiger partial charge in [0.25, 0.3) is 0 Å². The molecule has 5 nitrogen and oxygen atoms in total. The summed E-state index contributed by atoms with van der Waals surface area (Å²) in [6.07, 6.45) is -3.55. The van der Waals surface area contributed by atoms with Crippen molar-refractivity contribution < 1.29 is 22.7 Å². The van der Waals surface area contributed by atoms with E-state index in [-0.39, 0.29) is 29.7 Å². The first-order valence-corrected chi connectivity index (χ1v) is 9.57. The molecule has 154 valence electrons. The van der Waals surface area contributed by atoms with Crippen molar-refractivity contribution in [2.45, 2.75) is 44.1 Å². The number of carbonyl (C=O) groups excluding carboxylic acids is 1. The predicted octanol–water partition coefficient (Wildman–Crippen LogP) is 3.05. The Labute approximate surface area is 166 Å². The monoisotopic (exact) mass is 405 g/mol. The van der Waals surface area contributed by atoms with Gasteiger partial charge in [-0.15, -0.1) is 0 Å². The van der Waals surface area contributed by atoms with Gasteiger partial charge in [0.15, 0.2) is 0 Å². The third kappa shape index (κ3) is 4.09. The summed E-state index contributed by atoms with van der Waals surface area (Å²) in [6.45, 7) is 2.28. The van der Waals surface area contributed by atoms with E-state index in [1.165, 1.54) is 12.1 Å². The molecule has 3 unspecified atom stereocenters. The lowest BCUT2D eigenvalue weighted by Crippen LogP contribution is -2.46. The number of alkyl halides is 3. The second-order valence-corrected chi connectivity index (χ2v) is 7.50. The molecule has 0 bridgehead atoms. The van der Waals surface area contributed by atoms with Crippen LogP contribution >= 0.6 is 0 Å². The van der Waals surface area contributed by atoms with Crippen molar-refractivity contribution in [3.63, 3.8) is 0 Å². The van der Waals surface area contributed by atoms with Gasteiger partial charge in [-0.2, -0.15) is 13.2 Å². The largest absolute Gasteiger partial charge is 0.487 e. The van der Waals surface area contributed by atoms with Crippen molar-refractivity contribution in [3.05, 3.63) is 53.6 Å². The first kappa shape index (κ1) is 19.7. The SMILES string of the molecule is CC1CC(C(=O)NCC2Cc3cccc(-c4ccccc4C(F)(F)F)c3O2)NN1. The van der Waals surface area contributed by atoms with Gasteiger partial charge in [0.2, 0.25) is 5.91 Å². The number of amides is 1. The van der Waals surface area contributed by atoms with Crippen LogP contribution in [0.2, 0.25) is 0 Å². The number of halogens is 3. The van der Waals surface area contributed by atoms with Gasteiger partial charge in [-0.25, -0.2) is 5.43 Å². The van der Waals surface area contributed by atoms with Gasteiger partial charge in [0.1, 0.15) is 17.9 Å². The lowest BCUT2D eigenvalue weighted by molar-refractivity contribution is -0.137. The number of hydrogen-bond donors (Lipinski definition) is 3. The lowest BCUT2D eigenvalue weighted by atomic mass is 9.96. The van der Waals surface area contributed by atoms with Gasteiger partial charge in [0.05, 0.1) is 12.1 Å². The Morgan fingerprint density at radius 1 is 1.14 bits per heavy atom. The zero-order chi connectivity index (χ0) is 20.6. The van der Waals surface area contributed by atoms with Crippen LogP contribution in [-0.4, -0.2) is 30.6 Å². The Balaban J connectivity index is 1.50. The van der Waals surface area contributed by atoms with Crippen LogP contribution in [0.25, 0.3) is 11.1 Å². The summed E-state index contributed by atoms with van der Waals surface area (Å²) in [5, 5.41) is 2.87. The molecule has 2 heterocycles. The van der Waals surface area contributed by atoms with Crippen molar-refractivity contribution in [1.82, 2.24) is 16.2 Å². The number of nitrogens with one attached hydrogen (secondary N) is 3. The van der Waals surface area contributed by atoms with Crippen LogP contribution in [0.3, 0.4) is 0 Å². The lowest BCUT2D eigenvalue weighted by Gasteiger charge is -2.17. The van der Waals surface area contributed by atoms with Crippen LogP contribution < -0.4 is 20.9 Å². The van der Waals surface area contributed by atoms with E-state index in [0.717, 1.165) is 11.6 Å². The summed E-state index contributed by atoms with van der Waals surface area (Å²) >= 11 is 0. The van der Waals surface area contributed by atoms with Gasteiger partial charge >= 0.3 is 6.18 Å². The topological polar surface area (TPSA) is 62.4 Å². The minimum atomic E-state index is -4.45. The number of carbonyl (C=O) groups is 1. The minimum Gasteiger partial charge on any atom is -0.487 e. The molecule has 2 aliphatic heterocycles. The average molecular weight is 405 g/mol. The normalized spacial score (nSPS) is 23.5. The fourth-order valence-electron chi connectivity index (χ4n) is 3.85. The summed E-state index contributed by atoms with van der Waals surface area (Å²) in [5.41, 5.74) is 6.60. The molecule has 0 spiro atoms. The van der Waals surface area contributed by atoms with E-state index >= 15 is 0 Å². The van der Waals surface area contributed by atoms with Crippen molar-refractivity contribution >= 4 is 5.91 Å². The molecule has 29 heavy (non-hydrogen) atoms. The average Bonchev–Trinajstić information content (AvgIpc) is 3.31. The number of para-hydroxylation sites is 1. The standard InChI is InChI=1S/C21H22F3N3O2/c1-12-9-18(27-26-12)20(28)25-11-14-10-13-5-4-7-16(19(13)29-14)15-6-2-3-8-17(15)21(22,23)24/h2-8,12,14,18,26-27H,9-11H2,1H3,(H,25,28).